The number of carbonyl (C=O) groups excluding carboxylic acids is 1. The summed E-state index contributed by atoms with van der Waals surface area (Å²) in [6, 6.07) is 10.5. The monoisotopic (exact) mass is 378 g/mol. The van der Waals surface area contributed by atoms with Gasteiger partial charge < -0.3 is 5.32 Å². The Labute approximate surface area is 162 Å². The van der Waals surface area contributed by atoms with E-state index in [0.29, 0.717) is 12.6 Å². The predicted octanol–water partition coefficient (Wildman–Crippen LogP) is 4.45. The van der Waals surface area contributed by atoms with Crippen LogP contribution in [0.4, 0.5) is 0 Å². The van der Waals surface area contributed by atoms with E-state index in [0.717, 1.165) is 34.7 Å². The minimum Gasteiger partial charge on any atom is -0.347 e. The summed E-state index contributed by atoms with van der Waals surface area (Å²) < 4.78 is 2.14. The van der Waals surface area contributed by atoms with Crippen molar-refractivity contribution in [2.45, 2.75) is 38.3 Å². The van der Waals surface area contributed by atoms with Gasteiger partial charge in [0.05, 0.1) is 24.0 Å². The normalized spacial score (nSPS) is 14.8. The van der Waals surface area contributed by atoms with Crippen LogP contribution in [0.3, 0.4) is 0 Å². The summed E-state index contributed by atoms with van der Waals surface area (Å²) in [7, 11) is 0. The van der Waals surface area contributed by atoms with Crippen molar-refractivity contribution in [2.75, 3.05) is 0 Å². The second kappa shape index (κ2) is 8.31. The average Bonchev–Trinajstić information content (AvgIpc) is 3.47. The maximum Gasteiger partial charge on any atom is 0.244 e. The second-order valence-electron chi connectivity index (χ2n) is 6.71. The molecule has 6 heteroatoms. The molecule has 27 heavy (non-hydrogen) atoms. The molecule has 0 saturated heterocycles. The van der Waals surface area contributed by atoms with E-state index in [1.807, 2.05) is 35.7 Å². The highest BCUT2D eigenvalue weighted by Gasteiger charge is 2.22. The smallest absolute Gasteiger partial charge is 0.244 e. The first-order valence-corrected chi connectivity index (χ1v) is 10.2. The molecule has 0 bridgehead atoms. The van der Waals surface area contributed by atoms with Gasteiger partial charge in [-0.2, -0.15) is 5.10 Å². The number of amides is 1. The van der Waals surface area contributed by atoms with Crippen LogP contribution in [-0.2, 0) is 11.3 Å². The summed E-state index contributed by atoms with van der Waals surface area (Å²) in [6.45, 7) is 0.422. The molecular weight excluding hydrogens is 356 g/mol. The molecule has 3 aromatic heterocycles. The van der Waals surface area contributed by atoms with Gasteiger partial charge in [0.2, 0.25) is 5.91 Å². The van der Waals surface area contributed by atoms with Gasteiger partial charge in [0, 0.05) is 28.9 Å². The van der Waals surface area contributed by atoms with Gasteiger partial charge in [0.15, 0.2) is 0 Å². The molecule has 1 fully saturated rings. The first kappa shape index (κ1) is 17.7. The molecule has 138 valence electrons. The number of hydrogen-bond donors (Lipinski definition) is 1. The molecule has 4 rings (SSSR count). The first-order valence-electron chi connectivity index (χ1n) is 9.28. The molecule has 1 N–H and O–H groups in total. The van der Waals surface area contributed by atoms with E-state index in [-0.39, 0.29) is 5.91 Å². The van der Waals surface area contributed by atoms with Gasteiger partial charge in [-0.15, -0.1) is 11.3 Å². The van der Waals surface area contributed by atoms with Crippen LogP contribution < -0.4 is 5.32 Å². The fourth-order valence-corrected chi connectivity index (χ4v) is 4.10. The highest BCUT2D eigenvalue weighted by molar-refractivity contribution is 7.10. The molecule has 5 nitrogen and oxygen atoms in total. The Hall–Kier alpha value is -2.73. The summed E-state index contributed by atoms with van der Waals surface area (Å²) in [5.41, 5.74) is 3.09. The predicted molar refractivity (Wildman–Crippen MR) is 108 cm³/mol. The van der Waals surface area contributed by atoms with Crippen LogP contribution in [0.2, 0.25) is 0 Å². The summed E-state index contributed by atoms with van der Waals surface area (Å²) in [4.78, 5) is 17.3. The Bertz CT molecular complexity index is 909. The summed E-state index contributed by atoms with van der Waals surface area (Å²) in [6.07, 6.45) is 11.8. The van der Waals surface area contributed by atoms with E-state index in [4.69, 9.17) is 5.10 Å². The molecule has 1 amide bonds. The number of nitrogens with zero attached hydrogens (tertiary/aromatic N) is 3. The van der Waals surface area contributed by atoms with Crippen molar-refractivity contribution in [3.63, 3.8) is 0 Å². The SMILES string of the molecule is O=C(/C=C/c1cccs1)NCc1cc(-c2ccncc2)n(C2CCCC2)n1. The molecule has 1 aliphatic carbocycles. The molecule has 3 heterocycles. The van der Waals surface area contributed by atoms with Crippen LogP contribution >= 0.6 is 11.3 Å². The molecule has 0 atom stereocenters. The van der Waals surface area contributed by atoms with Crippen molar-refractivity contribution >= 4 is 23.3 Å². The lowest BCUT2D eigenvalue weighted by Crippen LogP contribution is -2.20. The molecule has 1 saturated carbocycles. The maximum absolute atomic E-state index is 12.1. The van der Waals surface area contributed by atoms with Crippen LogP contribution in [0.25, 0.3) is 17.3 Å². The second-order valence-corrected chi connectivity index (χ2v) is 7.69. The Morgan fingerprint density at radius 1 is 1.26 bits per heavy atom. The maximum atomic E-state index is 12.1. The van der Waals surface area contributed by atoms with E-state index in [9.17, 15) is 4.79 Å². The molecule has 0 aliphatic heterocycles. The highest BCUT2D eigenvalue weighted by Crippen LogP contribution is 2.33. The van der Waals surface area contributed by atoms with Crippen molar-refractivity contribution in [1.82, 2.24) is 20.1 Å². The van der Waals surface area contributed by atoms with Crippen LogP contribution in [0.5, 0.6) is 0 Å². The third-order valence-corrected chi connectivity index (χ3v) is 5.66. The number of carbonyl (C=O) groups is 1. The quantitative estimate of drug-likeness (QED) is 0.645. The Balaban J connectivity index is 1.48. The number of nitrogens with one attached hydrogen (secondary N) is 1. The number of aromatic nitrogens is 3. The summed E-state index contributed by atoms with van der Waals surface area (Å²) in [5.74, 6) is -0.107. The van der Waals surface area contributed by atoms with E-state index < -0.39 is 0 Å². The van der Waals surface area contributed by atoms with Gasteiger partial charge in [-0.05, 0) is 48.6 Å². The molecule has 0 aromatic carbocycles. The Morgan fingerprint density at radius 3 is 2.81 bits per heavy atom. The fraction of sp³-hybridized carbons (Fsp3) is 0.286. The van der Waals surface area contributed by atoms with Crippen LogP contribution in [0, 0.1) is 0 Å². The zero-order valence-corrected chi connectivity index (χ0v) is 15.9. The lowest BCUT2D eigenvalue weighted by Gasteiger charge is -2.14. The van der Waals surface area contributed by atoms with Crippen LogP contribution in [-0.4, -0.2) is 20.7 Å². The van der Waals surface area contributed by atoms with Crippen molar-refractivity contribution in [3.05, 3.63) is 64.8 Å². The molecule has 1 aliphatic rings. The average molecular weight is 379 g/mol. The van der Waals surface area contributed by atoms with E-state index in [1.54, 1.807) is 29.8 Å². The number of rotatable bonds is 6. The third kappa shape index (κ3) is 4.34. The zero-order chi connectivity index (χ0) is 18.5. The Morgan fingerprint density at radius 2 is 2.07 bits per heavy atom. The van der Waals surface area contributed by atoms with Crippen molar-refractivity contribution < 1.29 is 4.79 Å². The number of pyridine rings is 1. The van der Waals surface area contributed by atoms with Crippen molar-refractivity contribution in [1.29, 1.82) is 0 Å². The zero-order valence-electron chi connectivity index (χ0n) is 15.0. The van der Waals surface area contributed by atoms with E-state index in [2.05, 4.69) is 21.0 Å². The van der Waals surface area contributed by atoms with Gasteiger partial charge in [-0.1, -0.05) is 18.9 Å². The fourth-order valence-electron chi connectivity index (χ4n) is 3.48. The molecule has 0 spiro atoms. The summed E-state index contributed by atoms with van der Waals surface area (Å²) in [5, 5.41) is 9.74. The van der Waals surface area contributed by atoms with Gasteiger partial charge in [0.25, 0.3) is 0 Å². The van der Waals surface area contributed by atoms with Gasteiger partial charge in [-0.25, -0.2) is 0 Å². The van der Waals surface area contributed by atoms with E-state index in [1.165, 1.54) is 12.8 Å². The molecule has 0 unspecified atom stereocenters. The first-order chi connectivity index (χ1) is 13.3. The molecule has 0 radical (unpaired) electrons. The minimum absolute atomic E-state index is 0.107. The lowest BCUT2D eigenvalue weighted by molar-refractivity contribution is -0.116. The van der Waals surface area contributed by atoms with Crippen molar-refractivity contribution in [3.8, 4) is 11.3 Å². The highest BCUT2D eigenvalue weighted by atomic mass is 32.1. The topological polar surface area (TPSA) is 59.8 Å². The van der Waals surface area contributed by atoms with Crippen LogP contribution in [0.1, 0.15) is 42.3 Å². The number of thiophene rings is 1. The summed E-state index contributed by atoms with van der Waals surface area (Å²) >= 11 is 1.61. The van der Waals surface area contributed by atoms with Gasteiger partial charge in [0.1, 0.15) is 0 Å². The van der Waals surface area contributed by atoms with Gasteiger partial charge in [-0.3, -0.25) is 14.5 Å². The standard InChI is InChI=1S/C21H22N4OS/c26-21(8-7-19-6-3-13-27-19)23-15-17-14-20(16-9-11-22-12-10-16)25(24-17)18-4-1-2-5-18/h3,6-14,18H,1-2,4-5,15H2,(H,23,26)/b8-7+. The number of hydrogen-bond acceptors (Lipinski definition) is 4. The van der Waals surface area contributed by atoms with Crippen molar-refractivity contribution in [2.24, 2.45) is 0 Å². The van der Waals surface area contributed by atoms with Crippen LogP contribution in [0.15, 0.2) is 54.2 Å². The van der Waals surface area contributed by atoms with Gasteiger partial charge >= 0.3 is 0 Å². The Kier molecular flexibility index (Phi) is 5.44. The van der Waals surface area contributed by atoms with E-state index >= 15 is 0 Å². The molecular formula is C21H22N4OS. The minimum atomic E-state index is -0.107. The lowest BCUT2D eigenvalue weighted by atomic mass is 10.1. The molecule has 3 aromatic rings. The third-order valence-electron chi connectivity index (χ3n) is 4.82. The largest absolute Gasteiger partial charge is 0.347 e.